The van der Waals surface area contributed by atoms with Gasteiger partial charge < -0.3 is 9.84 Å². The second kappa shape index (κ2) is 10.4. The minimum absolute atomic E-state index is 1.10. The van der Waals surface area contributed by atoms with Crippen molar-refractivity contribution in [1.29, 1.82) is 0 Å². The summed E-state index contributed by atoms with van der Waals surface area (Å²) < 4.78 is 3.93. The van der Waals surface area contributed by atoms with Crippen molar-refractivity contribution in [3.63, 3.8) is 0 Å². The highest BCUT2D eigenvalue weighted by atomic mass is 35.8. The van der Waals surface area contributed by atoms with E-state index in [1.807, 2.05) is 0 Å². The van der Waals surface area contributed by atoms with Gasteiger partial charge in [0.25, 0.3) is 0 Å². The summed E-state index contributed by atoms with van der Waals surface area (Å²) >= 11 is -1.72. The predicted octanol–water partition coefficient (Wildman–Crippen LogP) is 2.90. The average Bonchev–Trinajstić information content (AvgIpc) is 1.82. The van der Waals surface area contributed by atoms with Crippen LogP contribution in [-0.2, 0) is 4.74 Å². The largest absolute Gasteiger partial charge is 0.643 e. The molecule has 0 heterocycles. The number of carbonyl (C=O) groups is 1. The molecule has 0 aromatic heterocycles. The van der Waals surface area contributed by atoms with Crippen molar-refractivity contribution in [3.8, 4) is 0 Å². The van der Waals surface area contributed by atoms with E-state index >= 15 is 0 Å². The number of hydrogen-bond acceptors (Lipinski definition) is 2. The van der Waals surface area contributed by atoms with Crippen LogP contribution in [0.25, 0.3) is 0 Å². The SMILES string of the molecule is CC=COC(=O)O.[Cl][Al]([Cl])[Cl]. The lowest BCUT2D eigenvalue weighted by atomic mass is 10.7. The molecule has 0 aromatic carbocycles. The number of allylic oxidation sites excluding steroid dienone is 1. The van der Waals surface area contributed by atoms with Gasteiger partial charge in [0.05, 0.1) is 6.26 Å². The number of carboxylic acid groups (broad SMARTS) is 1. The minimum atomic E-state index is -1.72. The molecule has 0 atom stereocenters. The average molecular weight is 235 g/mol. The molecule has 64 valence electrons. The molecule has 0 aliphatic heterocycles. The first-order valence-electron chi connectivity index (χ1n) is 2.43. The van der Waals surface area contributed by atoms with Gasteiger partial charge in [0.15, 0.2) is 0 Å². The van der Waals surface area contributed by atoms with Gasteiger partial charge >= 0.3 is 17.5 Å². The first-order valence-corrected chi connectivity index (χ1v) is 7.67. The summed E-state index contributed by atoms with van der Waals surface area (Å²) in [7, 11) is 14.8. The van der Waals surface area contributed by atoms with Gasteiger partial charge in [-0.15, -0.1) is 0 Å². The molecule has 0 radical (unpaired) electrons. The zero-order valence-electron chi connectivity index (χ0n) is 5.63. The van der Waals surface area contributed by atoms with Crippen LogP contribution in [0.1, 0.15) is 6.92 Å². The maximum Gasteiger partial charge on any atom is 0.643 e. The molecule has 0 spiro atoms. The summed E-state index contributed by atoms with van der Waals surface area (Å²) in [5.41, 5.74) is 0. The van der Waals surface area contributed by atoms with Crippen molar-refractivity contribution >= 4 is 47.7 Å². The Morgan fingerprint density at radius 2 is 1.91 bits per heavy atom. The topological polar surface area (TPSA) is 46.5 Å². The maximum atomic E-state index is 9.48. The second-order valence-electron chi connectivity index (χ2n) is 1.10. The molecular formula is C4H6AlCl3O3. The Balaban J connectivity index is 0. The summed E-state index contributed by atoms with van der Waals surface area (Å²) in [6.07, 6.45) is 1.31. The van der Waals surface area contributed by atoms with Crippen molar-refractivity contribution in [2.45, 2.75) is 6.92 Å². The molecule has 0 aromatic rings. The summed E-state index contributed by atoms with van der Waals surface area (Å²) in [5.74, 6) is 0. The van der Waals surface area contributed by atoms with Crippen molar-refractivity contribution < 1.29 is 14.6 Å². The van der Waals surface area contributed by atoms with Crippen LogP contribution in [0.4, 0.5) is 4.79 Å². The third-order valence-electron chi connectivity index (χ3n) is 0.305. The minimum Gasteiger partial charge on any atom is -0.449 e. The van der Waals surface area contributed by atoms with Crippen LogP contribution in [0.5, 0.6) is 0 Å². The van der Waals surface area contributed by atoms with Crippen LogP contribution in [0.3, 0.4) is 0 Å². The summed E-state index contributed by atoms with van der Waals surface area (Å²) in [5, 5.41) is 7.77. The summed E-state index contributed by atoms with van der Waals surface area (Å²) in [4.78, 5) is 9.48. The molecule has 0 bridgehead atoms. The standard InChI is InChI=1S/C4H6O3.Al.3ClH/c1-2-3-7-4(5)6;;;;/h2-3H,1H3,(H,5,6);;3*1H/q;+3;;;/p-3. The van der Waals surface area contributed by atoms with Gasteiger partial charge in [0.1, 0.15) is 0 Å². The molecule has 11 heavy (non-hydrogen) atoms. The van der Waals surface area contributed by atoms with Crippen molar-refractivity contribution in [1.82, 2.24) is 0 Å². The maximum absolute atomic E-state index is 9.48. The lowest BCUT2D eigenvalue weighted by molar-refractivity contribution is 0.128. The van der Waals surface area contributed by atoms with Gasteiger partial charge in [0.2, 0.25) is 0 Å². The normalized spacial score (nSPS) is 8.36. The Bertz CT molecular complexity index is 125. The highest BCUT2D eigenvalue weighted by Gasteiger charge is 2.00. The van der Waals surface area contributed by atoms with Crippen molar-refractivity contribution in [3.05, 3.63) is 12.3 Å². The molecule has 7 heteroatoms. The first-order chi connectivity index (χ1) is 5.00. The van der Waals surface area contributed by atoms with Crippen LogP contribution in [0.15, 0.2) is 12.3 Å². The van der Waals surface area contributed by atoms with E-state index < -0.39 is 17.5 Å². The van der Waals surface area contributed by atoms with E-state index in [1.54, 1.807) is 6.92 Å². The van der Waals surface area contributed by atoms with Gasteiger partial charge in [-0.1, -0.05) is 6.08 Å². The summed E-state index contributed by atoms with van der Waals surface area (Å²) in [6, 6.07) is 0. The molecule has 1 N–H and O–H groups in total. The molecule has 0 aliphatic carbocycles. The third kappa shape index (κ3) is 37.8. The van der Waals surface area contributed by atoms with Crippen LogP contribution < -0.4 is 0 Å². The van der Waals surface area contributed by atoms with E-state index in [4.69, 9.17) is 35.3 Å². The highest BCUT2D eigenvalue weighted by molar-refractivity contribution is 7.54. The molecule has 0 saturated heterocycles. The summed E-state index contributed by atoms with van der Waals surface area (Å²) in [6.45, 7) is 1.67. The fourth-order valence-corrected chi connectivity index (χ4v) is 0.126. The highest BCUT2D eigenvalue weighted by Crippen LogP contribution is 1.97. The van der Waals surface area contributed by atoms with E-state index in [1.165, 1.54) is 6.08 Å². The lowest BCUT2D eigenvalue weighted by Crippen LogP contribution is -1.90. The fraction of sp³-hybridized carbons (Fsp3) is 0.250. The molecule has 0 saturated carbocycles. The van der Waals surface area contributed by atoms with E-state index in [0.29, 0.717) is 0 Å². The molecular weight excluding hydrogens is 229 g/mol. The van der Waals surface area contributed by atoms with Gasteiger partial charge in [-0.2, -0.15) is 0 Å². The Morgan fingerprint density at radius 3 is 2.00 bits per heavy atom. The molecule has 0 amide bonds. The first kappa shape index (κ1) is 14.0. The smallest absolute Gasteiger partial charge is 0.449 e. The fourth-order valence-electron chi connectivity index (χ4n) is 0.126. The van der Waals surface area contributed by atoms with Crippen LogP contribution in [0, 0.1) is 0 Å². The number of halogens is 3. The second-order valence-corrected chi connectivity index (χ2v) is 7.53. The number of rotatable bonds is 1. The zero-order chi connectivity index (χ0) is 9.28. The van der Waals surface area contributed by atoms with Gasteiger partial charge in [-0.05, 0) is 6.92 Å². The van der Waals surface area contributed by atoms with Crippen molar-refractivity contribution in [2.75, 3.05) is 0 Å². The quantitative estimate of drug-likeness (QED) is 0.432. The monoisotopic (exact) mass is 234 g/mol. The molecule has 0 fully saturated rings. The van der Waals surface area contributed by atoms with E-state index in [2.05, 4.69) is 4.74 Å². The predicted molar refractivity (Wildman–Crippen MR) is 47.2 cm³/mol. The van der Waals surface area contributed by atoms with Gasteiger partial charge in [0, 0.05) is 0 Å². The Morgan fingerprint density at radius 1 is 1.55 bits per heavy atom. The van der Waals surface area contributed by atoms with Crippen molar-refractivity contribution in [2.24, 2.45) is 0 Å². The third-order valence-corrected chi connectivity index (χ3v) is 0.305. The molecule has 3 nitrogen and oxygen atoms in total. The van der Waals surface area contributed by atoms with E-state index in [0.717, 1.165) is 6.26 Å². The van der Waals surface area contributed by atoms with Crippen LogP contribution in [0.2, 0.25) is 0 Å². The van der Waals surface area contributed by atoms with Gasteiger partial charge in [-0.3, -0.25) is 0 Å². The van der Waals surface area contributed by atoms with E-state index in [9.17, 15) is 4.79 Å². The number of ether oxygens (including phenoxy) is 1. The van der Waals surface area contributed by atoms with Gasteiger partial charge in [-0.25, -0.2) is 34.9 Å². The molecule has 0 aliphatic rings. The lowest BCUT2D eigenvalue weighted by Gasteiger charge is -1.83. The Labute approximate surface area is 81.5 Å². The van der Waals surface area contributed by atoms with Crippen LogP contribution >= 0.6 is 30.1 Å². The Kier molecular flexibility index (Phi) is 13.2. The zero-order valence-corrected chi connectivity index (χ0v) is 9.05. The van der Waals surface area contributed by atoms with E-state index in [-0.39, 0.29) is 0 Å². The Hall–Kier alpha value is 0.412. The molecule has 0 unspecified atom stereocenters. The molecule has 0 rings (SSSR count). The van der Waals surface area contributed by atoms with Crippen LogP contribution in [-0.4, -0.2) is 22.6 Å². The number of hydrogen-bond donors (Lipinski definition) is 1.